The van der Waals surface area contributed by atoms with Gasteiger partial charge in [0, 0.05) is 0 Å². The Hall–Kier alpha value is -1.44. The summed E-state index contributed by atoms with van der Waals surface area (Å²) in [7, 11) is 0. The van der Waals surface area contributed by atoms with Crippen LogP contribution in [0.25, 0.3) is 0 Å². The van der Waals surface area contributed by atoms with Crippen molar-refractivity contribution in [1.82, 2.24) is 0 Å². The van der Waals surface area contributed by atoms with Crippen LogP contribution in [0.3, 0.4) is 0 Å². The second-order valence-corrected chi connectivity index (χ2v) is 5.04. The molecule has 98 valence electrons. The minimum absolute atomic E-state index is 0.334. The van der Waals surface area contributed by atoms with Crippen LogP contribution in [-0.4, -0.2) is 11.7 Å². The van der Waals surface area contributed by atoms with Crippen molar-refractivity contribution in [1.29, 1.82) is 0 Å². The lowest BCUT2D eigenvalue weighted by molar-refractivity contribution is 0.306. The van der Waals surface area contributed by atoms with Crippen molar-refractivity contribution in [2.45, 2.75) is 45.4 Å². The van der Waals surface area contributed by atoms with Gasteiger partial charge in [-0.25, -0.2) is 0 Å². The number of aromatic hydroxyl groups is 1. The van der Waals surface area contributed by atoms with E-state index in [1.165, 1.54) is 18.4 Å². The lowest BCUT2D eigenvalue weighted by Gasteiger charge is -2.13. The normalized spacial score (nSPS) is 20.6. The SMILES string of the molecule is C/C1=C\CCCCc2cc(O)ccc2OCCC1. The predicted molar refractivity (Wildman–Crippen MR) is 74.1 cm³/mol. The average molecular weight is 246 g/mol. The number of ether oxygens (including phenoxy) is 1. The fourth-order valence-corrected chi connectivity index (χ4v) is 2.35. The van der Waals surface area contributed by atoms with Crippen molar-refractivity contribution in [2.24, 2.45) is 0 Å². The van der Waals surface area contributed by atoms with Gasteiger partial charge in [-0.1, -0.05) is 11.6 Å². The number of aryl methyl sites for hydroxylation is 1. The lowest BCUT2D eigenvalue weighted by Crippen LogP contribution is -2.01. The maximum Gasteiger partial charge on any atom is 0.122 e. The van der Waals surface area contributed by atoms with Gasteiger partial charge in [0.15, 0.2) is 0 Å². The summed E-state index contributed by atoms with van der Waals surface area (Å²) in [6.07, 6.45) is 9.02. The van der Waals surface area contributed by atoms with E-state index in [1.807, 2.05) is 12.1 Å². The molecule has 2 nitrogen and oxygen atoms in total. The van der Waals surface area contributed by atoms with E-state index >= 15 is 0 Å². The number of fused-ring (bicyclic) bond motifs is 1. The molecule has 1 aliphatic heterocycles. The Morgan fingerprint density at radius 3 is 2.89 bits per heavy atom. The second kappa shape index (κ2) is 6.48. The van der Waals surface area contributed by atoms with Crippen molar-refractivity contribution in [2.75, 3.05) is 6.61 Å². The minimum Gasteiger partial charge on any atom is -0.508 e. The first-order valence-electron chi connectivity index (χ1n) is 6.86. The monoisotopic (exact) mass is 246 g/mol. The molecule has 1 aromatic rings. The third-order valence-electron chi connectivity index (χ3n) is 3.41. The zero-order chi connectivity index (χ0) is 12.8. The van der Waals surface area contributed by atoms with Gasteiger partial charge in [-0.3, -0.25) is 0 Å². The molecule has 2 heteroatoms. The molecule has 0 bridgehead atoms. The number of phenolic OH excluding ortho intramolecular Hbond substituents is 1. The highest BCUT2D eigenvalue weighted by atomic mass is 16.5. The van der Waals surface area contributed by atoms with Crippen LogP contribution in [0.1, 0.15) is 44.6 Å². The topological polar surface area (TPSA) is 29.5 Å². The highest BCUT2D eigenvalue weighted by Gasteiger charge is 2.06. The Bertz CT molecular complexity index is 421. The first-order chi connectivity index (χ1) is 8.75. The van der Waals surface area contributed by atoms with Gasteiger partial charge in [-0.05, 0) is 69.2 Å². The van der Waals surface area contributed by atoms with Crippen LogP contribution in [0.15, 0.2) is 29.8 Å². The summed E-state index contributed by atoms with van der Waals surface area (Å²) in [4.78, 5) is 0. The Labute approximate surface area is 109 Å². The van der Waals surface area contributed by atoms with Crippen LogP contribution in [0, 0.1) is 0 Å². The quantitative estimate of drug-likeness (QED) is 0.694. The molecule has 0 spiro atoms. The lowest BCUT2D eigenvalue weighted by atomic mass is 10.0. The van der Waals surface area contributed by atoms with Crippen molar-refractivity contribution < 1.29 is 9.84 Å². The molecule has 0 saturated carbocycles. The molecule has 1 N–H and O–H groups in total. The molecule has 0 aromatic heterocycles. The van der Waals surface area contributed by atoms with Gasteiger partial charge in [-0.2, -0.15) is 0 Å². The number of allylic oxidation sites excluding steroid dienone is 2. The number of phenols is 1. The molecule has 0 radical (unpaired) electrons. The Balaban J connectivity index is 2.08. The highest BCUT2D eigenvalue weighted by molar-refractivity contribution is 5.39. The molecule has 1 heterocycles. The number of hydrogen-bond donors (Lipinski definition) is 1. The largest absolute Gasteiger partial charge is 0.508 e. The third-order valence-corrected chi connectivity index (χ3v) is 3.41. The Morgan fingerprint density at radius 1 is 1.11 bits per heavy atom. The smallest absolute Gasteiger partial charge is 0.122 e. The average Bonchev–Trinajstić information content (AvgIpc) is 2.34. The van der Waals surface area contributed by atoms with Gasteiger partial charge < -0.3 is 9.84 Å². The molecule has 0 unspecified atom stereocenters. The maximum atomic E-state index is 9.55. The standard InChI is InChI=1S/C16H22O2/c1-13-6-3-2-4-8-14-12-15(17)9-10-16(14)18-11-5-7-13/h6,9-10,12,17H,2-5,7-8,11H2,1H3/b13-6+. The van der Waals surface area contributed by atoms with Gasteiger partial charge in [-0.15, -0.1) is 0 Å². The van der Waals surface area contributed by atoms with Crippen LogP contribution in [0.5, 0.6) is 11.5 Å². The molecule has 0 saturated heterocycles. The van der Waals surface area contributed by atoms with Gasteiger partial charge >= 0.3 is 0 Å². The van der Waals surface area contributed by atoms with Crippen LogP contribution >= 0.6 is 0 Å². The van der Waals surface area contributed by atoms with Gasteiger partial charge in [0.05, 0.1) is 6.61 Å². The summed E-state index contributed by atoms with van der Waals surface area (Å²) >= 11 is 0. The summed E-state index contributed by atoms with van der Waals surface area (Å²) in [6, 6.07) is 5.43. The molecule has 0 fully saturated rings. The van der Waals surface area contributed by atoms with Crippen molar-refractivity contribution in [3.63, 3.8) is 0 Å². The Kier molecular flexibility index (Phi) is 4.68. The number of rotatable bonds is 0. The van der Waals surface area contributed by atoms with E-state index in [0.717, 1.165) is 43.6 Å². The zero-order valence-electron chi connectivity index (χ0n) is 11.1. The van der Waals surface area contributed by atoms with Gasteiger partial charge in [0.25, 0.3) is 0 Å². The van der Waals surface area contributed by atoms with Gasteiger partial charge in [0.1, 0.15) is 11.5 Å². The molecule has 1 aromatic carbocycles. The molecule has 2 rings (SSSR count). The number of benzene rings is 1. The van der Waals surface area contributed by atoms with Crippen LogP contribution in [-0.2, 0) is 6.42 Å². The van der Waals surface area contributed by atoms with E-state index in [0.29, 0.717) is 5.75 Å². The van der Waals surface area contributed by atoms with E-state index in [-0.39, 0.29) is 0 Å². The second-order valence-electron chi connectivity index (χ2n) is 5.04. The zero-order valence-corrected chi connectivity index (χ0v) is 11.1. The Morgan fingerprint density at radius 2 is 2.00 bits per heavy atom. The van der Waals surface area contributed by atoms with E-state index in [4.69, 9.17) is 4.74 Å². The van der Waals surface area contributed by atoms with Gasteiger partial charge in [0.2, 0.25) is 0 Å². The first-order valence-corrected chi connectivity index (χ1v) is 6.86. The number of hydrogen-bond acceptors (Lipinski definition) is 2. The summed E-state index contributed by atoms with van der Waals surface area (Å²) < 4.78 is 5.83. The first kappa shape index (κ1) is 13.0. The van der Waals surface area contributed by atoms with Crippen molar-refractivity contribution in [3.8, 4) is 11.5 Å². The molecule has 0 atom stereocenters. The maximum absolute atomic E-state index is 9.55. The highest BCUT2D eigenvalue weighted by Crippen LogP contribution is 2.26. The third kappa shape index (κ3) is 3.80. The fraction of sp³-hybridized carbons (Fsp3) is 0.500. The van der Waals surface area contributed by atoms with E-state index in [2.05, 4.69) is 13.0 Å². The molecule has 0 amide bonds. The summed E-state index contributed by atoms with van der Waals surface area (Å²) in [5, 5.41) is 9.55. The minimum atomic E-state index is 0.334. The van der Waals surface area contributed by atoms with E-state index in [9.17, 15) is 5.11 Å². The predicted octanol–water partition coefficient (Wildman–Crippen LogP) is 4.22. The summed E-state index contributed by atoms with van der Waals surface area (Å²) in [5.41, 5.74) is 2.61. The van der Waals surface area contributed by atoms with Crippen LogP contribution in [0.2, 0.25) is 0 Å². The molecular weight excluding hydrogens is 224 g/mol. The van der Waals surface area contributed by atoms with Crippen LogP contribution < -0.4 is 4.74 Å². The summed E-state index contributed by atoms with van der Waals surface area (Å²) in [5.74, 6) is 1.27. The molecule has 1 aliphatic rings. The molecule has 18 heavy (non-hydrogen) atoms. The molecule has 0 aliphatic carbocycles. The van der Waals surface area contributed by atoms with Crippen molar-refractivity contribution >= 4 is 0 Å². The van der Waals surface area contributed by atoms with Crippen LogP contribution in [0.4, 0.5) is 0 Å². The fourth-order valence-electron chi connectivity index (χ4n) is 2.35. The summed E-state index contributed by atoms with van der Waals surface area (Å²) in [6.45, 7) is 2.96. The van der Waals surface area contributed by atoms with Crippen molar-refractivity contribution in [3.05, 3.63) is 35.4 Å². The molecular formula is C16H22O2. The van der Waals surface area contributed by atoms with E-state index in [1.54, 1.807) is 6.07 Å². The van der Waals surface area contributed by atoms with E-state index < -0.39 is 0 Å².